The molecule has 0 aromatic heterocycles. The maximum absolute atomic E-state index is 12.2. The molecule has 2 N–H and O–H groups in total. The largest absolute Gasteiger partial charge is 0.451 e. The van der Waals surface area contributed by atoms with Gasteiger partial charge in [-0.3, -0.25) is 15.0 Å². The third-order valence-electron chi connectivity index (χ3n) is 3.28. The quantitative estimate of drug-likeness (QED) is 0.732. The second kappa shape index (κ2) is 7.98. The van der Waals surface area contributed by atoms with Crippen LogP contribution < -0.4 is 10.6 Å². The van der Waals surface area contributed by atoms with Crippen molar-refractivity contribution in [2.75, 3.05) is 13.6 Å². The molecule has 0 aliphatic carbocycles. The maximum Gasteiger partial charge on any atom is 0.411 e. The van der Waals surface area contributed by atoms with Gasteiger partial charge in [-0.15, -0.1) is 0 Å². The maximum atomic E-state index is 12.2. The van der Waals surface area contributed by atoms with Crippen molar-refractivity contribution < 1.29 is 28.7 Å². The molecule has 1 aliphatic rings. The van der Waals surface area contributed by atoms with Crippen LogP contribution in [0.4, 0.5) is 9.59 Å². The fourth-order valence-corrected chi connectivity index (χ4v) is 2.13. The molecule has 0 aromatic carbocycles. The Morgan fingerprint density at radius 2 is 1.83 bits per heavy atom. The second-order valence-electron chi connectivity index (χ2n) is 6.48. The molecule has 0 saturated carbocycles. The molecule has 2 atom stereocenters. The SMILES string of the molecule is CNC(=O)NC(=O)[C@H](C)OC(=O)[C@@H]1CCCN1C(=O)OC(C)(C)C. The highest BCUT2D eigenvalue weighted by Crippen LogP contribution is 2.22. The number of esters is 1. The summed E-state index contributed by atoms with van der Waals surface area (Å²) in [5, 5.41) is 4.24. The van der Waals surface area contributed by atoms with Crippen molar-refractivity contribution in [3.05, 3.63) is 0 Å². The number of nitrogens with one attached hydrogen (secondary N) is 2. The van der Waals surface area contributed by atoms with Crippen LogP contribution in [0.3, 0.4) is 0 Å². The lowest BCUT2D eigenvalue weighted by atomic mass is 10.2. The predicted molar refractivity (Wildman–Crippen MR) is 84.1 cm³/mol. The summed E-state index contributed by atoms with van der Waals surface area (Å²) in [5.41, 5.74) is -0.672. The molecule has 0 aromatic rings. The highest BCUT2D eigenvalue weighted by molar-refractivity contribution is 5.97. The molecular weight excluding hydrogens is 318 g/mol. The lowest BCUT2D eigenvalue weighted by Crippen LogP contribution is -2.47. The molecule has 1 heterocycles. The minimum atomic E-state index is -1.16. The third kappa shape index (κ3) is 5.71. The van der Waals surface area contributed by atoms with Gasteiger partial charge in [0.25, 0.3) is 5.91 Å². The molecular formula is C15H25N3O6. The van der Waals surface area contributed by atoms with E-state index in [1.807, 2.05) is 5.32 Å². The van der Waals surface area contributed by atoms with Gasteiger partial charge in [-0.25, -0.2) is 14.4 Å². The average molecular weight is 343 g/mol. The van der Waals surface area contributed by atoms with Crippen molar-refractivity contribution in [2.24, 2.45) is 0 Å². The number of urea groups is 1. The molecule has 9 heteroatoms. The van der Waals surface area contributed by atoms with Crippen molar-refractivity contribution >= 4 is 24.0 Å². The van der Waals surface area contributed by atoms with E-state index in [1.165, 1.54) is 18.9 Å². The molecule has 0 unspecified atom stereocenters. The molecule has 1 aliphatic heterocycles. The molecule has 136 valence electrons. The summed E-state index contributed by atoms with van der Waals surface area (Å²) in [5.74, 6) is -1.44. The molecule has 0 radical (unpaired) electrons. The van der Waals surface area contributed by atoms with Crippen molar-refractivity contribution in [3.8, 4) is 0 Å². The van der Waals surface area contributed by atoms with Gasteiger partial charge in [0.15, 0.2) is 6.10 Å². The van der Waals surface area contributed by atoms with Crippen LogP contribution in [0.1, 0.15) is 40.5 Å². The van der Waals surface area contributed by atoms with Crippen molar-refractivity contribution in [3.63, 3.8) is 0 Å². The van der Waals surface area contributed by atoms with Gasteiger partial charge in [0.1, 0.15) is 11.6 Å². The van der Waals surface area contributed by atoms with Gasteiger partial charge in [-0.1, -0.05) is 0 Å². The average Bonchev–Trinajstić information content (AvgIpc) is 2.94. The number of hydrogen-bond donors (Lipinski definition) is 2. The summed E-state index contributed by atoms with van der Waals surface area (Å²) in [6.07, 6.45) is -0.681. The van der Waals surface area contributed by atoms with Crippen molar-refractivity contribution in [1.29, 1.82) is 0 Å². The number of nitrogens with zero attached hydrogens (tertiary/aromatic N) is 1. The number of rotatable bonds is 3. The van der Waals surface area contributed by atoms with Crippen LogP contribution in [0, 0.1) is 0 Å². The number of amides is 4. The van der Waals surface area contributed by atoms with Crippen molar-refractivity contribution in [1.82, 2.24) is 15.5 Å². The van der Waals surface area contributed by atoms with Gasteiger partial charge in [0.2, 0.25) is 0 Å². The van der Waals surface area contributed by atoms with Crippen LogP contribution in [0.15, 0.2) is 0 Å². The zero-order valence-electron chi connectivity index (χ0n) is 14.7. The Morgan fingerprint density at radius 3 is 2.38 bits per heavy atom. The van der Waals surface area contributed by atoms with E-state index in [-0.39, 0.29) is 0 Å². The molecule has 9 nitrogen and oxygen atoms in total. The van der Waals surface area contributed by atoms with Crippen LogP contribution in [0.5, 0.6) is 0 Å². The van der Waals surface area contributed by atoms with E-state index in [1.54, 1.807) is 20.8 Å². The lowest BCUT2D eigenvalue weighted by Gasteiger charge is -2.28. The van der Waals surface area contributed by atoms with Gasteiger partial charge >= 0.3 is 18.1 Å². The monoisotopic (exact) mass is 343 g/mol. The summed E-state index contributed by atoms with van der Waals surface area (Å²) in [7, 11) is 1.36. The Hall–Kier alpha value is -2.32. The summed E-state index contributed by atoms with van der Waals surface area (Å²) in [4.78, 5) is 48.5. The van der Waals surface area contributed by atoms with Crippen molar-refractivity contribution in [2.45, 2.75) is 58.3 Å². The number of imide groups is 1. The Balaban J connectivity index is 2.64. The highest BCUT2D eigenvalue weighted by Gasteiger charge is 2.38. The van der Waals surface area contributed by atoms with E-state index in [2.05, 4.69) is 5.32 Å². The van der Waals surface area contributed by atoms with Crippen LogP contribution >= 0.6 is 0 Å². The minimum absolute atomic E-state index is 0.382. The fourth-order valence-electron chi connectivity index (χ4n) is 2.13. The first-order chi connectivity index (χ1) is 11.0. The van der Waals surface area contributed by atoms with Crippen LogP contribution in [0.2, 0.25) is 0 Å². The Labute approximate surface area is 141 Å². The number of carbonyl (C=O) groups excluding carboxylic acids is 4. The molecule has 0 bridgehead atoms. The summed E-state index contributed by atoms with van der Waals surface area (Å²) >= 11 is 0. The molecule has 0 spiro atoms. The fraction of sp³-hybridized carbons (Fsp3) is 0.733. The molecule has 1 rings (SSSR count). The normalized spacial score (nSPS) is 18.5. The summed E-state index contributed by atoms with van der Waals surface area (Å²) < 4.78 is 10.3. The molecule has 4 amide bonds. The van der Waals surface area contributed by atoms with Gasteiger partial charge < -0.3 is 14.8 Å². The first-order valence-electron chi connectivity index (χ1n) is 7.78. The minimum Gasteiger partial charge on any atom is -0.451 e. The zero-order chi connectivity index (χ0) is 18.5. The van der Waals surface area contributed by atoms with Gasteiger partial charge in [-0.05, 0) is 40.5 Å². The standard InChI is InChI=1S/C15H25N3O6/c1-9(11(19)17-13(21)16-5)23-12(20)10-7-6-8-18(10)14(22)24-15(2,3)4/h9-10H,6-8H2,1-5H3,(H2,16,17,19,21)/t9-,10-/m0/s1. The zero-order valence-corrected chi connectivity index (χ0v) is 14.7. The first-order valence-corrected chi connectivity index (χ1v) is 7.78. The van der Waals surface area contributed by atoms with E-state index in [0.717, 1.165) is 0 Å². The number of ether oxygens (including phenoxy) is 2. The Bertz CT molecular complexity index is 514. The predicted octanol–water partition coefficient (Wildman–Crippen LogP) is 0.773. The van der Waals surface area contributed by atoms with E-state index >= 15 is 0 Å². The van der Waals surface area contributed by atoms with Gasteiger partial charge in [-0.2, -0.15) is 0 Å². The van der Waals surface area contributed by atoms with E-state index in [0.29, 0.717) is 19.4 Å². The van der Waals surface area contributed by atoms with E-state index in [9.17, 15) is 19.2 Å². The molecule has 1 saturated heterocycles. The van der Waals surface area contributed by atoms with Crippen LogP contribution in [-0.4, -0.2) is 60.2 Å². The van der Waals surface area contributed by atoms with E-state index < -0.39 is 41.7 Å². The topological polar surface area (TPSA) is 114 Å². The summed E-state index contributed by atoms with van der Waals surface area (Å²) in [6.45, 7) is 6.94. The summed E-state index contributed by atoms with van der Waals surface area (Å²) in [6, 6.07) is -1.49. The molecule has 1 fully saturated rings. The van der Waals surface area contributed by atoms with Crippen LogP contribution in [0.25, 0.3) is 0 Å². The van der Waals surface area contributed by atoms with Gasteiger partial charge in [0.05, 0.1) is 0 Å². The molecule has 24 heavy (non-hydrogen) atoms. The van der Waals surface area contributed by atoms with Gasteiger partial charge in [0, 0.05) is 13.6 Å². The lowest BCUT2D eigenvalue weighted by molar-refractivity contribution is -0.158. The second-order valence-corrected chi connectivity index (χ2v) is 6.48. The Morgan fingerprint density at radius 1 is 1.21 bits per heavy atom. The Kier molecular flexibility index (Phi) is 6.56. The third-order valence-corrected chi connectivity index (χ3v) is 3.28. The number of likely N-dealkylation sites (tertiary alicyclic amines) is 1. The highest BCUT2D eigenvalue weighted by atomic mass is 16.6. The first kappa shape index (κ1) is 19.7. The van der Waals surface area contributed by atoms with Crippen LogP contribution in [-0.2, 0) is 19.1 Å². The van der Waals surface area contributed by atoms with E-state index in [4.69, 9.17) is 9.47 Å². The number of hydrogen-bond acceptors (Lipinski definition) is 6. The number of carbonyl (C=O) groups is 4. The smallest absolute Gasteiger partial charge is 0.411 e.